The van der Waals surface area contributed by atoms with Crippen molar-refractivity contribution in [2.24, 2.45) is 4.99 Å². The topological polar surface area (TPSA) is 95.9 Å². The van der Waals surface area contributed by atoms with Crippen LogP contribution in [0.15, 0.2) is 4.99 Å². The van der Waals surface area contributed by atoms with Crippen molar-refractivity contribution in [1.82, 2.24) is 14.4 Å². The van der Waals surface area contributed by atoms with E-state index < -0.39 is 18.0 Å². The lowest BCUT2D eigenvalue weighted by Gasteiger charge is -2.32. The highest BCUT2D eigenvalue weighted by atomic mass is 16.2. The number of carbonyl (C=O) groups is 4. The second kappa shape index (κ2) is 5.61. The molecule has 1 saturated heterocycles. The lowest BCUT2D eigenvalue weighted by molar-refractivity contribution is -0.676. The standard InChI is InChI=1S/C16H20N5O4/c1-8(22)6-19-10(3)11(4)21-12-13(17-15(19)21)18(5)16(25)20(14(12)24)7-9(2)23/h12H,6-7H2,1-5H3/q+1. The largest absolute Gasteiger partial charge is 0.402 e. The number of ketones is 2. The maximum atomic E-state index is 12.9. The van der Waals surface area contributed by atoms with Gasteiger partial charge in [0, 0.05) is 7.05 Å². The van der Waals surface area contributed by atoms with Gasteiger partial charge in [0.1, 0.15) is 23.7 Å². The van der Waals surface area contributed by atoms with E-state index in [0.717, 1.165) is 16.3 Å². The number of aromatic nitrogens is 2. The Morgan fingerprint density at radius 2 is 1.80 bits per heavy atom. The number of urea groups is 1. The molecular weight excluding hydrogens is 326 g/mol. The maximum absolute atomic E-state index is 12.9. The average Bonchev–Trinajstić information content (AvgIpc) is 3.01. The number of carbonyl (C=O) groups excluding carboxylic acids is 4. The van der Waals surface area contributed by atoms with Crippen LogP contribution in [0.3, 0.4) is 0 Å². The predicted octanol–water partition coefficient (Wildman–Crippen LogP) is 0.0491. The monoisotopic (exact) mass is 346 g/mol. The molecule has 1 fully saturated rings. The summed E-state index contributed by atoms with van der Waals surface area (Å²) < 4.78 is 3.47. The number of rotatable bonds is 4. The molecule has 1 aromatic heterocycles. The molecule has 3 rings (SSSR count). The lowest BCUT2D eigenvalue weighted by Crippen LogP contribution is -2.58. The van der Waals surface area contributed by atoms with Crippen molar-refractivity contribution < 1.29 is 23.7 Å². The summed E-state index contributed by atoms with van der Waals surface area (Å²) in [5.74, 6) is -0.0248. The van der Waals surface area contributed by atoms with Gasteiger partial charge in [-0.15, -0.1) is 0 Å². The minimum absolute atomic E-state index is 0.0365. The molecule has 0 saturated carbocycles. The SMILES string of the molecule is CC(=O)CN1C(=O)C2C(=Nc3n2c(C)c(C)[n+]3CC(C)=O)N(C)C1=O. The van der Waals surface area contributed by atoms with Gasteiger partial charge in [0.15, 0.2) is 5.78 Å². The highest BCUT2D eigenvalue weighted by Gasteiger charge is 2.54. The van der Waals surface area contributed by atoms with Crippen molar-refractivity contribution in [2.75, 3.05) is 13.6 Å². The molecule has 9 heteroatoms. The fraction of sp³-hybridized carbons (Fsp3) is 0.500. The van der Waals surface area contributed by atoms with Gasteiger partial charge in [0.05, 0.1) is 6.54 Å². The first-order chi connectivity index (χ1) is 11.6. The van der Waals surface area contributed by atoms with Gasteiger partial charge in [0.2, 0.25) is 11.9 Å². The Bertz CT molecular complexity index is 866. The number of nitrogens with zero attached hydrogens (tertiary/aromatic N) is 5. The molecule has 1 atom stereocenters. The first-order valence-electron chi connectivity index (χ1n) is 7.92. The van der Waals surface area contributed by atoms with E-state index in [1.165, 1.54) is 25.8 Å². The Morgan fingerprint density at radius 3 is 2.36 bits per heavy atom. The number of imidazole rings is 1. The van der Waals surface area contributed by atoms with Gasteiger partial charge in [0.25, 0.3) is 5.91 Å². The Morgan fingerprint density at radius 1 is 1.16 bits per heavy atom. The number of Topliss-reactive ketones (excluding diaryl/α,β-unsaturated/α-hetero) is 2. The molecule has 3 amide bonds. The van der Waals surface area contributed by atoms with Crippen LogP contribution in [0.25, 0.3) is 0 Å². The maximum Gasteiger partial charge on any atom is 0.402 e. The molecule has 25 heavy (non-hydrogen) atoms. The smallest absolute Gasteiger partial charge is 0.298 e. The van der Waals surface area contributed by atoms with E-state index >= 15 is 0 Å². The molecule has 132 valence electrons. The van der Waals surface area contributed by atoms with E-state index in [-0.39, 0.29) is 24.7 Å². The molecule has 0 aliphatic carbocycles. The van der Waals surface area contributed by atoms with Crippen LogP contribution in [0.5, 0.6) is 0 Å². The molecule has 1 aromatic rings. The second-order valence-corrected chi connectivity index (χ2v) is 6.47. The van der Waals surface area contributed by atoms with Gasteiger partial charge in [-0.2, -0.15) is 0 Å². The fourth-order valence-corrected chi connectivity index (χ4v) is 3.28. The van der Waals surface area contributed by atoms with Crippen molar-refractivity contribution in [3.8, 4) is 0 Å². The highest BCUT2D eigenvalue weighted by molar-refractivity contribution is 6.21. The first kappa shape index (κ1) is 17.0. The molecule has 2 aliphatic rings. The van der Waals surface area contributed by atoms with Gasteiger partial charge in [-0.1, -0.05) is 4.99 Å². The number of fused-ring (bicyclic) bond motifs is 3. The van der Waals surface area contributed by atoms with Gasteiger partial charge in [-0.05, 0) is 27.7 Å². The molecule has 0 spiro atoms. The summed E-state index contributed by atoms with van der Waals surface area (Å²) in [7, 11) is 1.53. The van der Waals surface area contributed by atoms with Crippen LogP contribution in [-0.2, 0) is 20.9 Å². The fourth-order valence-electron chi connectivity index (χ4n) is 3.28. The highest BCUT2D eigenvalue weighted by Crippen LogP contribution is 2.35. The van der Waals surface area contributed by atoms with Crippen LogP contribution in [0.2, 0.25) is 0 Å². The third kappa shape index (κ3) is 2.38. The van der Waals surface area contributed by atoms with Crippen molar-refractivity contribution in [1.29, 1.82) is 0 Å². The van der Waals surface area contributed by atoms with Crippen LogP contribution in [-0.4, -0.2) is 57.3 Å². The Labute approximate surface area is 144 Å². The minimum Gasteiger partial charge on any atom is -0.298 e. The van der Waals surface area contributed by atoms with Gasteiger partial charge in [-0.3, -0.25) is 24.2 Å². The predicted molar refractivity (Wildman–Crippen MR) is 86.5 cm³/mol. The summed E-state index contributed by atoms with van der Waals surface area (Å²) in [6, 6.07) is -1.38. The summed E-state index contributed by atoms with van der Waals surface area (Å²) in [4.78, 5) is 55.1. The van der Waals surface area contributed by atoms with Gasteiger partial charge < -0.3 is 0 Å². The molecule has 0 radical (unpaired) electrons. The molecule has 0 N–H and O–H groups in total. The lowest BCUT2D eigenvalue weighted by atomic mass is 10.1. The number of amidine groups is 1. The first-order valence-corrected chi connectivity index (χ1v) is 7.92. The Kier molecular flexibility index (Phi) is 3.81. The van der Waals surface area contributed by atoms with Crippen LogP contribution >= 0.6 is 0 Å². The molecule has 0 aromatic carbocycles. The molecule has 3 heterocycles. The summed E-state index contributed by atoms with van der Waals surface area (Å²) in [6.07, 6.45) is 0. The van der Waals surface area contributed by atoms with Crippen LogP contribution in [0.4, 0.5) is 10.7 Å². The zero-order valence-electron chi connectivity index (χ0n) is 14.9. The quantitative estimate of drug-likeness (QED) is 0.720. The van der Waals surface area contributed by atoms with Gasteiger partial charge >= 0.3 is 12.0 Å². The number of hydrogen-bond donors (Lipinski definition) is 0. The van der Waals surface area contributed by atoms with Crippen LogP contribution in [0, 0.1) is 13.8 Å². The summed E-state index contributed by atoms with van der Waals surface area (Å²) >= 11 is 0. The Hall–Kier alpha value is -2.84. The molecule has 9 nitrogen and oxygen atoms in total. The van der Waals surface area contributed by atoms with Gasteiger partial charge in [-0.25, -0.2) is 13.9 Å². The third-order valence-corrected chi connectivity index (χ3v) is 4.59. The van der Waals surface area contributed by atoms with E-state index in [9.17, 15) is 19.2 Å². The number of likely N-dealkylation sites (N-methyl/N-ethyl adjacent to an activating group) is 1. The molecule has 0 bridgehead atoms. The average molecular weight is 346 g/mol. The van der Waals surface area contributed by atoms with Crippen molar-refractivity contribution >= 4 is 35.3 Å². The summed E-state index contributed by atoms with van der Waals surface area (Å²) in [5, 5.41) is 0. The normalized spacial score (nSPS) is 19.1. The van der Waals surface area contributed by atoms with E-state index in [0.29, 0.717) is 11.8 Å². The van der Waals surface area contributed by atoms with E-state index in [1.54, 1.807) is 9.13 Å². The zero-order chi connectivity index (χ0) is 18.6. The van der Waals surface area contributed by atoms with E-state index in [4.69, 9.17) is 0 Å². The third-order valence-electron chi connectivity index (χ3n) is 4.59. The van der Waals surface area contributed by atoms with Crippen LogP contribution < -0.4 is 4.57 Å². The number of hydrogen-bond acceptors (Lipinski definition) is 5. The summed E-state index contributed by atoms with van der Waals surface area (Å²) in [6.45, 7) is 6.38. The summed E-state index contributed by atoms with van der Waals surface area (Å²) in [5.41, 5.74) is 1.62. The zero-order valence-corrected chi connectivity index (χ0v) is 14.9. The molecule has 1 unspecified atom stereocenters. The number of aliphatic imine (C=N–C) groups is 1. The van der Waals surface area contributed by atoms with Crippen LogP contribution in [0.1, 0.15) is 31.3 Å². The van der Waals surface area contributed by atoms with Crippen molar-refractivity contribution in [3.05, 3.63) is 11.4 Å². The molecular formula is C16H20N5O4+. The van der Waals surface area contributed by atoms with E-state index in [2.05, 4.69) is 4.99 Å². The molecule has 2 aliphatic heterocycles. The number of imide groups is 1. The second-order valence-electron chi connectivity index (χ2n) is 6.47. The Balaban J connectivity index is 2.14. The number of amides is 3. The van der Waals surface area contributed by atoms with E-state index in [1.807, 2.05) is 13.8 Å². The van der Waals surface area contributed by atoms with Crippen molar-refractivity contribution in [2.45, 2.75) is 40.3 Å². The minimum atomic E-state index is -0.802. The van der Waals surface area contributed by atoms with Crippen molar-refractivity contribution in [3.63, 3.8) is 0 Å².